The molecular formula is C38H47N6. The average Bonchev–Trinajstić information content (AvgIpc) is 3.06. The van der Waals surface area contributed by atoms with E-state index in [1.807, 2.05) is 18.6 Å². The van der Waals surface area contributed by atoms with Gasteiger partial charge in [0.05, 0.1) is 5.69 Å². The third-order valence-corrected chi connectivity index (χ3v) is 9.32. The summed E-state index contributed by atoms with van der Waals surface area (Å²) in [6, 6.07) is 27.0. The number of hydrogen-bond donors (Lipinski definition) is 0. The van der Waals surface area contributed by atoms with E-state index in [9.17, 15) is 0 Å². The van der Waals surface area contributed by atoms with Crippen LogP contribution < -0.4 is 0 Å². The molecule has 2 saturated heterocycles. The van der Waals surface area contributed by atoms with Crippen LogP contribution >= 0.6 is 0 Å². The molecule has 0 N–H and O–H groups in total. The minimum absolute atomic E-state index is 0.625. The molecule has 0 unspecified atom stereocenters. The van der Waals surface area contributed by atoms with Crippen molar-refractivity contribution in [2.45, 2.75) is 52.9 Å². The van der Waals surface area contributed by atoms with Gasteiger partial charge in [0.25, 0.3) is 0 Å². The first-order valence-corrected chi connectivity index (χ1v) is 16.4. The molecule has 0 amide bonds. The van der Waals surface area contributed by atoms with Gasteiger partial charge in [0.15, 0.2) is 0 Å². The fraction of sp³-hybridized carbons (Fsp3) is 0.421. The van der Waals surface area contributed by atoms with Crippen LogP contribution in [0.15, 0.2) is 79.3 Å². The minimum Gasteiger partial charge on any atom is -0.298 e. The predicted octanol–water partition coefficient (Wildman–Crippen LogP) is 6.33. The number of rotatable bonds is 9. The first kappa shape index (κ1) is 30.6. The predicted molar refractivity (Wildman–Crippen MR) is 181 cm³/mol. The Bertz CT molecular complexity index is 1500. The second-order valence-corrected chi connectivity index (χ2v) is 13.0. The number of aromatic nitrogens is 2. The summed E-state index contributed by atoms with van der Waals surface area (Å²) in [4.78, 5) is 19.5. The molecule has 2 aromatic carbocycles. The number of pyridine rings is 2. The van der Waals surface area contributed by atoms with Crippen LogP contribution in [0.1, 0.15) is 38.8 Å². The maximum absolute atomic E-state index is 4.69. The first-order valence-electron chi connectivity index (χ1n) is 16.4. The van der Waals surface area contributed by atoms with Gasteiger partial charge in [-0.2, -0.15) is 0 Å². The highest BCUT2D eigenvalue weighted by Gasteiger charge is 2.20. The lowest BCUT2D eigenvalue weighted by atomic mass is 10.00. The van der Waals surface area contributed by atoms with Gasteiger partial charge in [-0.15, -0.1) is 0 Å². The van der Waals surface area contributed by atoms with Crippen LogP contribution in [0.3, 0.4) is 0 Å². The second-order valence-electron chi connectivity index (χ2n) is 13.0. The van der Waals surface area contributed by atoms with E-state index in [1.165, 1.54) is 22.3 Å². The van der Waals surface area contributed by atoms with Gasteiger partial charge in [-0.25, -0.2) is 0 Å². The van der Waals surface area contributed by atoms with Crippen LogP contribution in [0.25, 0.3) is 33.5 Å². The summed E-state index contributed by atoms with van der Waals surface area (Å²) in [5.41, 5.74) is 9.02. The fourth-order valence-electron chi connectivity index (χ4n) is 6.46. The van der Waals surface area contributed by atoms with E-state index in [0.717, 1.165) is 87.8 Å². The van der Waals surface area contributed by atoms with E-state index in [4.69, 9.17) is 0 Å². The molecular weight excluding hydrogens is 540 g/mol. The average molecular weight is 588 g/mol. The highest BCUT2D eigenvalue weighted by Crippen LogP contribution is 2.28. The van der Waals surface area contributed by atoms with Crippen molar-refractivity contribution in [3.8, 4) is 33.5 Å². The summed E-state index contributed by atoms with van der Waals surface area (Å²) in [5.74, 6) is 0. The Hall–Kier alpha value is -3.42. The van der Waals surface area contributed by atoms with E-state index >= 15 is 0 Å². The van der Waals surface area contributed by atoms with Gasteiger partial charge in [-0.1, -0.05) is 42.5 Å². The second kappa shape index (κ2) is 14.1. The van der Waals surface area contributed by atoms with Crippen LogP contribution in [0.4, 0.5) is 0 Å². The Kier molecular flexibility index (Phi) is 9.82. The Morgan fingerprint density at radius 3 is 1.86 bits per heavy atom. The molecule has 2 aliphatic heterocycles. The molecule has 0 spiro atoms. The van der Waals surface area contributed by atoms with E-state index in [2.05, 4.69) is 124 Å². The van der Waals surface area contributed by atoms with Gasteiger partial charge in [0.2, 0.25) is 0 Å². The van der Waals surface area contributed by atoms with Crippen LogP contribution in [-0.2, 0) is 13.1 Å². The lowest BCUT2D eigenvalue weighted by Gasteiger charge is -2.37. The summed E-state index contributed by atoms with van der Waals surface area (Å²) >= 11 is 0. The molecule has 6 nitrogen and oxygen atoms in total. The standard InChI is InChI=1S/C38H47N6/c1-29(2)43-18-14-41(15-19-43)27-31-8-10-33(11-9-31)36-23-37(26-39-25-36)38-24-35(12-13-40-38)34-7-5-6-32(22-34)28-42-16-20-44(21-17-42)30(3)4/h5-13,22-23,25-26,29-30H,14-21,27-28H2,1-4H3. The SMILES string of the molecule is CC(C)N1CCN(Cc2ccc(-c3cncc(-c4[c]c(-c5cccc(CN6CCN(C(C)C)CC6)c5)ccn4)c3)cc2)CC1. The molecule has 0 saturated carbocycles. The summed E-state index contributed by atoms with van der Waals surface area (Å²) in [7, 11) is 0. The Morgan fingerprint density at radius 2 is 1.23 bits per heavy atom. The van der Waals surface area contributed by atoms with E-state index < -0.39 is 0 Å². The summed E-state index contributed by atoms with van der Waals surface area (Å²) in [6.45, 7) is 20.3. The molecule has 6 heteroatoms. The zero-order valence-electron chi connectivity index (χ0n) is 26.9. The van der Waals surface area contributed by atoms with Gasteiger partial charge in [-0.3, -0.25) is 29.6 Å². The quantitative estimate of drug-likeness (QED) is 0.228. The van der Waals surface area contributed by atoms with E-state index in [-0.39, 0.29) is 0 Å². The number of nitrogens with zero attached hydrogens (tertiary/aromatic N) is 6. The van der Waals surface area contributed by atoms with Crippen molar-refractivity contribution in [3.05, 3.63) is 96.4 Å². The molecule has 4 heterocycles. The Balaban J connectivity index is 1.11. The lowest BCUT2D eigenvalue weighted by Crippen LogP contribution is -2.48. The van der Waals surface area contributed by atoms with Gasteiger partial charge >= 0.3 is 0 Å². The molecule has 1 radical (unpaired) electrons. The molecule has 44 heavy (non-hydrogen) atoms. The highest BCUT2D eigenvalue weighted by molar-refractivity contribution is 5.73. The molecule has 0 aliphatic carbocycles. The maximum atomic E-state index is 4.69. The van der Waals surface area contributed by atoms with Crippen molar-refractivity contribution in [1.82, 2.24) is 29.6 Å². The highest BCUT2D eigenvalue weighted by atomic mass is 15.3. The van der Waals surface area contributed by atoms with Crippen molar-refractivity contribution in [2.75, 3.05) is 52.4 Å². The van der Waals surface area contributed by atoms with Crippen molar-refractivity contribution >= 4 is 0 Å². The first-order chi connectivity index (χ1) is 21.4. The van der Waals surface area contributed by atoms with Crippen LogP contribution in [-0.4, -0.2) is 94.0 Å². The molecule has 6 rings (SSSR count). The molecule has 229 valence electrons. The Labute approximate surface area is 264 Å². The van der Waals surface area contributed by atoms with Crippen LogP contribution in [0.2, 0.25) is 0 Å². The largest absolute Gasteiger partial charge is 0.298 e. The smallest absolute Gasteiger partial charge is 0.0803 e. The number of piperazine rings is 2. The van der Waals surface area contributed by atoms with Crippen molar-refractivity contribution in [2.24, 2.45) is 0 Å². The summed E-state index contributed by atoms with van der Waals surface area (Å²) < 4.78 is 0. The van der Waals surface area contributed by atoms with Crippen molar-refractivity contribution in [3.63, 3.8) is 0 Å². The molecule has 0 atom stereocenters. The van der Waals surface area contributed by atoms with Gasteiger partial charge < -0.3 is 0 Å². The van der Waals surface area contributed by atoms with Gasteiger partial charge in [0, 0.05) is 113 Å². The maximum Gasteiger partial charge on any atom is 0.0803 e. The third-order valence-electron chi connectivity index (χ3n) is 9.32. The van der Waals surface area contributed by atoms with Crippen molar-refractivity contribution in [1.29, 1.82) is 0 Å². The zero-order valence-corrected chi connectivity index (χ0v) is 26.9. The monoisotopic (exact) mass is 587 g/mol. The zero-order chi connectivity index (χ0) is 30.5. The van der Waals surface area contributed by atoms with Crippen LogP contribution in [0.5, 0.6) is 0 Å². The Morgan fingerprint density at radius 1 is 0.614 bits per heavy atom. The van der Waals surface area contributed by atoms with Crippen molar-refractivity contribution < 1.29 is 0 Å². The molecule has 4 aromatic rings. The van der Waals surface area contributed by atoms with Gasteiger partial charge in [-0.05, 0) is 73.7 Å². The fourth-order valence-corrected chi connectivity index (χ4v) is 6.46. The van der Waals surface area contributed by atoms with E-state index in [1.54, 1.807) is 0 Å². The molecule has 0 bridgehead atoms. The summed E-state index contributed by atoms with van der Waals surface area (Å²) in [6.07, 6.45) is 5.73. The topological polar surface area (TPSA) is 38.7 Å². The minimum atomic E-state index is 0.625. The van der Waals surface area contributed by atoms with E-state index in [0.29, 0.717) is 12.1 Å². The summed E-state index contributed by atoms with van der Waals surface area (Å²) in [5, 5.41) is 0. The molecule has 2 aromatic heterocycles. The number of benzene rings is 2. The molecule has 2 aliphatic rings. The number of hydrogen-bond acceptors (Lipinski definition) is 6. The normalized spacial score (nSPS) is 17.5. The third kappa shape index (κ3) is 7.62. The van der Waals surface area contributed by atoms with Gasteiger partial charge in [0.1, 0.15) is 0 Å². The lowest BCUT2D eigenvalue weighted by molar-refractivity contribution is 0.104. The molecule has 2 fully saturated rings. The van der Waals surface area contributed by atoms with Crippen LogP contribution in [0, 0.1) is 6.07 Å².